The molecule has 4 rings (SSSR count). The minimum absolute atomic E-state index is 0.0178. The van der Waals surface area contributed by atoms with Crippen LogP contribution >= 0.6 is 11.8 Å². The van der Waals surface area contributed by atoms with Crippen LogP contribution in [0.2, 0.25) is 0 Å². The number of nitrogens with zero attached hydrogens (tertiary/aromatic N) is 1. The molecule has 2 N–H and O–H groups in total. The predicted octanol–water partition coefficient (Wildman–Crippen LogP) is 4.32. The molecule has 154 valence electrons. The van der Waals surface area contributed by atoms with E-state index in [-0.39, 0.29) is 33.5 Å². The molecule has 0 radical (unpaired) electrons. The fourth-order valence-electron chi connectivity index (χ4n) is 4.10. The largest absolute Gasteiger partial charge is 0.492 e. The molecule has 2 aromatic rings. The highest BCUT2D eigenvalue weighted by Gasteiger charge is 2.44. The molecule has 0 unspecified atom stereocenters. The molecule has 1 saturated heterocycles. The first-order valence-electron chi connectivity index (χ1n) is 9.41. The number of halogens is 3. The van der Waals surface area contributed by atoms with Gasteiger partial charge in [0.05, 0.1) is 6.61 Å². The van der Waals surface area contributed by atoms with Gasteiger partial charge in [-0.3, -0.25) is 4.79 Å². The zero-order chi connectivity index (χ0) is 20.6. The van der Waals surface area contributed by atoms with E-state index in [1.165, 1.54) is 18.2 Å². The fraction of sp³-hybridized carbons (Fsp3) is 0.381. The molecule has 4 nitrogen and oxygen atoms in total. The van der Waals surface area contributed by atoms with Crippen molar-refractivity contribution in [2.75, 3.05) is 19.7 Å². The van der Waals surface area contributed by atoms with Crippen LogP contribution in [0.4, 0.5) is 13.2 Å². The minimum atomic E-state index is -4.38. The Morgan fingerprint density at radius 2 is 1.93 bits per heavy atom. The van der Waals surface area contributed by atoms with E-state index < -0.39 is 5.51 Å². The van der Waals surface area contributed by atoms with Gasteiger partial charge in [-0.2, -0.15) is 13.2 Å². The van der Waals surface area contributed by atoms with E-state index >= 15 is 0 Å². The van der Waals surface area contributed by atoms with Gasteiger partial charge in [0.1, 0.15) is 5.75 Å². The molecular weight excluding hydrogens is 401 g/mol. The van der Waals surface area contributed by atoms with Crippen molar-refractivity contribution in [2.24, 2.45) is 5.73 Å². The summed E-state index contributed by atoms with van der Waals surface area (Å²) in [4.78, 5) is 14.6. The Labute approximate surface area is 171 Å². The molecule has 29 heavy (non-hydrogen) atoms. The average Bonchev–Trinajstić information content (AvgIpc) is 3.04. The van der Waals surface area contributed by atoms with E-state index in [9.17, 15) is 18.0 Å². The Bertz CT molecular complexity index is 924. The highest BCUT2D eigenvalue weighted by Crippen LogP contribution is 2.46. The Hall–Kier alpha value is -2.19. The standard InChI is InChI=1S/C21H21F3N2O2S/c22-21(23,24)29-16-3-1-2-15(11-16)19(27)26-8-6-20(7-9-26)13-28-18-5-4-14(12-25)10-17(18)20/h1-5,10-11H,6-9,12-13,25H2. The van der Waals surface area contributed by atoms with Crippen molar-refractivity contribution in [2.45, 2.75) is 35.2 Å². The van der Waals surface area contributed by atoms with E-state index in [1.807, 2.05) is 12.1 Å². The summed E-state index contributed by atoms with van der Waals surface area (Å²) in [5.74, 6) is 0.637. The molecule has 2 aliphatic heterocycles. The Balaban J connectivity index is 1.47. The van der Waals surface area contributed by atoms with Crippen LogP contribution in [0.5, 0.6) is 5.75 Å². The van der Waals surface area contributed by atoms with Crippen molar-refractivity contribution in [1.82, 2.24) is 4.90 Å². The van der Waals surface area contributed by atoms with Crippen LogP contribution in [-0.4, -0.2) is 36.0 Å². The van der Waals surface area contributed by atoms with Gasteiger partial charge in [0.2, 0.25) is 0 Å². The van der Waals surface area contributed by atoms with Gasteiger partial charge >= 0.3 is 5.51 Å². The number of fused-ring (bicyclic) bond motifs is 2. The second-order valence-electron chi connectivity index (χ2n) is 7.47. The van der Waals surface area contributed by atoms with Gasteiger partial charge in [0, 0.05) is 41.1 Å². The molecule has 2 aromatic carbocycles. The van der Waals surface area contributed by atoms with E-state index in [0.29, 0.717) is 26.2 Å². The van der Waals surface area contributed by atoms with E-state index in [0.717, 1.165) is 29.7 Å². The SMILES string of the molecule is NCc1ccc2c(c1)C1(CCN(C(=O)c3cccc(SC(F)(F)F)c3)CC1)CO2. The summed E-state index contributed by atoms with van der Waals surface area (Å²) in [6.45, 7) is 2.10. The Kier molecular flexibility index (Phi) is 5.25. The van der Waals surface area contributed by atoms with Crippen LogP contribution < -0.4 is 10.5 Å². The van der Waals surface area contributed by atoms with Crippen LogP contribution in [-0.2, 0) is 12.0 Å². The highest BCUT2D eigenvalue weighted by atomic mass is 32.2. The molecule has 0 saturated carbocycles. The lowest BCUT2D eigenvalue weighted by atomic mass is 9.74. The molecule has 1 fully saturated rings. The number of benzene rings is 2. The second-order valence-corrected chi connectivity index (χ2v) is 8.61. The van der Waals surface area contributed by atoms with Gasteiger partial charge in [-0.15, -0.1) is 0 Å². The van der Waals surface area contributed by atoms with Gasteiger partial charge in [0.25, 0.3) is 5.91 Å². The maximum Gasteiger partial charge on any atom is 0.446 e. The van der Waals surface area contributed by atoms with Gasteiger partial charge < -0.3 is 15.4 Å². The maximum atomic E-state index is 12.9. The predicted molar refractivity (Wildman–Crippen MR) is 105 cm³/mol. The molecule has 1 amide bonds. The second kappa shape index (κ2) is 7.57. The Morgan fingerprint density at radius 3 is 2.62 bits per heavy atom. The van der Waals surface area contributed by atoms with Crippen LogP contribution in [0.15, 0.2) is 47.4 Å². The summed E-state index contributed by atoms with van der Waals surface area (Å²) in [6, 6.07) is 11.7. The van der Waals surface area contributed by atoms with Crippen LogP contribution in [0.1, 0.15) is 34.3 Å². The summed E-state index contributed by atoms with van der Waals surface area (Å²) in [5, 5.41) is 0. The number of hydrogen-bond acceptors (Lipinski definition) is 4. The molecule has 0 aliphatic carbocycles. The fourth-order valence-corrected chi connectivity index (χ4v) is 4.70. The number of carbonyl (C=O) groups excluding carboxylic acids is 1. The number of carbonyl (C=O) groups is 1. The first-order valence-corrected chi connectivity index (χ1v) is 10.2. The topological polar surface area (TPSA) is 55.6 Å². The van der Waals surface area contributed by atoms with Crippen molar-refractivity contribution in [1.29, 1.82) is 0 Å². The monoisotopic (exact) mass is 422 g/mol. The number of likely N-dealkylation sites (tertiary alicyclic amines) is 1. The smallest absolute Gasteiger partial charge is 0.446 e. The van der Waals surface area contributed by atoms with Crippen LogP contribution in [0.3, 0.4) is 0 Å². The van der Waals surface area contributed by atoms with Gasteiger partial charge in [-0.25, -0.2) is 0 Å². The summed E-state index contributed by atoms with van der Waals surface area (Å²) < 4.78 is 43.7. The molecule has 1 spiro atoms. The molecule has 0 aromatic heterocycles. The van der Waals surface area contributed by atoms with Crippen molar-refractivity contribution >= 4 is 17.7 Å². The molecule has 0 bridgehead atoms. The van der Waals surface area contributed by atoms with Crippen molar-refractivity contribution in [3.8, 4) is 5.75 Å². The van der Waals surface area contributed by atoms with Gasteiger partial charge in [-0.05, 0) is 54.4 Å². The Morgan fingerprint density at radius 1 is 1.17 bits per heavy atom. The van der Waals surface area contributed by atoms with Crippen molar-refractivity contribution in [3.63, 3.8) is 0 Å². The number of alkyl halides is 3. The molecule has 2 aliphatic rings. The van der Waals surface area contributed by atoms with Gasteiger partial charge in [0.15, 0.2) is 0 Å². The zero-order valence-corrected chi connectivity index (χ0v) is 16.5. The van der Waals surface area contributed by atoms with Crippen LogP contribution in [0.25, 0.3) is 0 Å². The zero-order valence-electron chi connectivity index (χ0n) is 15.7. The third-order valence-electron chi connectivity index (χ3n) is 5.68. The molecular formula is C21H21F3N2O2S. The minimum Gasteiger partial charge on any atom is -0.492 e. The third kappa shape index (κ3) is 4.09. The van der Waals surface area contributed by atoms with Gasteiger partial charge in [-0.1, -0.05) is 18.2 Å². The normalized spacial score (nSPS) is 17.9. The van der Waals surface area contributed by atoms with E-state index in [1.54, 1.807) is 11.0 Å². The number of piperidine rings is 1. The van der Waals surface area contributed by atoms with E-state index in [2.05, 4.69) is 6.07 Å². The van der Waals surface area contributed by atoms with E-state index in [4.69, 9.17) is 10.5 Å². The third-order valence-corrected chi connectivity index (χ3v) is 6.40. The lowest BCUT2D eigenvalue weighted by molar-refractivity contribution is -0.0328. The molecule has 0 atom stereocenters. The highest BCUT2D eigenvalue weighted by molar-refractivity contribution is 8.00. The number of ether oxygens (including phenoxy) is 1. The molecule has 2 heterocycles. The summed E-state index contributed by atoms with van der Waals surface area (Å²) in [5.41, 5.74) is 3.74. The number of nitrogens with two attached hydrogens (primary N) is 1. The van der Waals surface area contributed by atoms with Crippen molar-refractivity contribution < 1.29 is 22.7 Å². The summed E-state index contributed by atoms with van der Waals surface area (Å²) >= 11 is -0.208. The summed E-state index contributed by atoms with van der Waals surface area (Å²) in [6.07, 6.45) is 1.49. The maximum absolute atomic E-state index is 12.9. The van der Waals surface area contributed by atoms with Crippen molar-refractivity contribution in [3.05, 3.63) is 59.2 Å². The quantitative estimate of drug-likeness (QED) is 0.749. The first kappa shape index (κ1) is 20.1. The average molecular weight is 422 g/mol. The van der Waals surface area contributed by atoms with Crippen LogP contribution in [0, 0.1) is 0 Å². The number of hydrogen-bond donors (Lipinski definition) is 1. The number of amides is 1. The lowest BCUT2D eigenvalue weighted by Gasteiger charge is -2.38. The number of rotatable bonds is 3. The summed E-state index contributed by atoms with van der Waals surface area (Å²) in [7, 11) is 0. The molecule has 8 heteroatoms. The number of thioether (sulfide) groups is 1. The first-order chi connectivity index (χ1) is 13.8. The lowest BCUT2D eigenvalue weighted by Crippen LogP contribution is -2.46.